The second-order valence-corrected chi connectivity index (χ2v) is 2.87. The third kappa shape index (κ3) is 4.79. The molecular formula is C8H16O3. The number of carbonyl (C=O) groups is 1. The lowest BCUT2D eigenvalue weighted by atomic mass is 9.99. The monoisotopic (exact) mass is 160 g/mol. The minimum absolute atomic E-state index is 0.287. The van der Waals surface area contributed by atoms with E-state index in [9.17, 15) is 4.79 Å². The van der Waals surface area contributed by atoms with Gasteiger partial charge in [0.15, 0.2) is 0 Å². The molecule has 0 aromatic heterocycles. The Hall–Kier alpha value is -0.570. The molecule has 0 fully saturated rings. The van der Waals surface area contributed by atoms with E-state index in [1.807, 2.05) is 6.92 Å². The molecule has 0 aliphatic heterocycles. The molecule has 0 aromatic rings. The van der Waals surface area contributed by atoms with Crippen molar-refractivity contribution in [2.75, 3.05) is 0 Å². The van der Waals surface area contributed by atoms with Crippen LogP contribution in [-0.2, 0) is 4.79 Å². The first-order chi connectivity index (χ1) is 5.07. The lowest BCUT2D eigenvalue weighted by molar-refractivity contribution is -0.142. The molecule has 0 heterocycles. The van der Waals surface area contributed by atoms with E-state index in [4.69, 9.17) is 10.2 Å². The van der Waals surface area contributed by atoms with Crippen molar-refractivity contribution in [3.8, 4) is 0 Å². The molecule has 3 heteroatoms. The highest BCUT2D eigenvalue weighted by Gasteiger charge is 2.14. The van der Waals surface area contributed by atoms with Gasteiger partial charge in [-0.05, 0) is 26.2 Å². The van der Waals surface area contributed by atoms with Gasteiger partial charge in [0.1, 0.15) is 0 Å². The van der Waals surface area contributed by atoms with Crippen molar-refractivity contribution in [3.63, 3.8) is 0 Å². The second-order valence-electron chi connectivity index (χ2n) is 2.87. The van der Waals surface area contributed by atoms with Crippen molar-refractivity contribution in [2.45, 2.75) is 39.2 Å². The van der Waals surface area contributed by atoms with Crippen molar-refractivity contribution in [3.05, 3.63) is 0 Å². The Bertz CT molecular complexity index is 121. The van der Waals surface area contributed by atoms with Crippen LogP contribution in [0.2, 0.25) is 0 Å². The minimum Gasteiger partial charge on any atom is -0.481 e. The molecule has 0 spiro atoms. The van der Waals surface area contributed by atoms with Gasteiger partial charge in [-0.2, -0.15) is 0 Å². The molecule has 0 amide bonds. The molecule has 0 radical (unpaired) electrons. The third-order valence-corrected chi connectivity index (χ3v) is 1.77. The number of rotatable bonds is 5. The fraction of sp³-hybridized carbons (Fsp3) is 0.875. The smallest absolute Gasteiger partial charge is 0.306 e. The molecule has 2 unspecified atom stereocenters. The molecule has 0 bridgehead atoms. The highest BCUT2D eigenvalue weighted by Crippen LogP contribution is 2.12. The maximum atomic E-state index is 10.5. The van der Waals surface area contributed by atoms with E-state index in [1.54, 1.807) is 6.92 Å². The maximum absolute atomic E-state index is 10.5. The van der Waals surface area contributed by atoms with Gasteiger partial charge >= 0.3 is 5.97 Å². The average Bonchev–Trinajstić information content (AvgIpc) is 1.87. The summed E-state index contributed by atoms with van der Waals surface area (Å²) in [6, 6.07) is 0. The van der Waals surface area contributed by atoms with Gasteiger partial charge in [0.2, 0.25) is 0 Å². The number of aliphatic hydroxyl groups is 1. The SMILES string of the molecule is CCC(CCC(C)O)C(=O)O. The van der Waals surface area contributed by atoms with Crippen molar-refractivity contribution in [1.82, 2.24) is 0 Å². The first kappa shape index (κ1) is 10.4. The number of aliphatic hydroxyl groups excluding tert-OH is 1. The Balaban J connectivity index is 3.61. The van der Waals surface area contributed by atoms with Crippen LogP contribution in [0.25, 0.3) is 0 Å². The van der Waals surface area contributed by atoms with Crippen molar-refractivity contribution in [1.29, 1.82) is 0 Å². The summed E-state index contributed by atoms with van der Waals surface area (Å²) in [6.07, 6.45) is 1.40. The van der Waals surface area contributed by atoms with Gasteiger partial charge in [0, 0.05) is 0 Å². The normalized spacial score (nSPS) is 15.9. The predicted molar refractivity (Wildman–Crippen MR) is 42.3 cm³/mol. The lowest BCUT2D eigenvalue weighted by Gasteiger charge is -2.09. The fourth-order valence-corrected chi connectivity index (χ4v) is 0.945. The quantitative estimate of drug-likeness (QED) is 0.636. The topological polar surface area (TPSA) is 57.5 Å². The summed E-state index contributed by atoms with van der Waals surface area (Å²) >= 11 is 0. The largest absolute Gasteiger partial charge is 0.481 e. The van der Waals surface area contributed by atoms with Crippen LogP contribution in [-0.4, -0.2) is 22.3 Å². The molecule has 0 aliphatic carbocycles. The van der Waals surface area contributed by atoms with E-state index in [0.717, 1.165) is 0 Å². The van der Waals surface area contributed by atoms with E-state index in [2.05, 4.69) is 0 Å². The van der Waals surface area contributed by atoms with E-state index in [0.29, 0.717) is 19.3 Å². The summed E-state index contributed by atoms with van der Waals surface area (Å²) in [5.41, 5.74) is 0. The maximum Gasteiger partial charge on any atom is 0.306 e. The zero-order valence-electron chi connectivity index (χ0n) is 7.08. The minimum atomic E-state index is -0.756. The number of carboxylic acids is 1. The highest BCUT2D eigenvalue weighted by atomic mass is 16.4. The van der Waals surface area contributed by atoms with Gasteiger partial charge in [0.05, 0.1) is 12.0 Å². The molecule has 0 saturated heterocycles. The first-order valence-electron chi connectivity index (χ1n) is 3.98. The molecule has 2 atom stereocenters. The molecule has 0 aromatic carbocycles. The van der Waals surface area contributed by atoms with Gasteiger partial charge in [-0.1, -0.05) is 6.92 Å². The third-order valence-electron chi connectivity index (χ3n) is 1.77. The van der Waals surface area contributed by atoms with Crippen LogP contribution < -0.4 is 0 Å². The van der Waals surface area contributed by atoms with E-state index >= 15 is 0 Å². The summed E-state index contributed by atoms with van der Waals surface area (Å²) in [6.45, 7) is 3.52. The van der Waals surface area contributed by atoms with E-state index < -0.39 is 5.97 Å². The zero-order valence-corrected chi connectivity index (χ0v) is 7.08. The summed E-state index contributed by atoms with van der Waals surface area (Å²) in [5.74, 6) is -1.04. The molecule has 0 aliphatic rings. The van der Waals surface area contributed by atoms with Gasteiger partial charge < -0.3 is 10.2 Å². The standard InChI is InChI=1S/C8H16O3/c1-3-7(8(10)11)5-4-6(2)9/h6-7,9H,3-5H2,1-2H3,(H,10,11). The van der Waals surface area contributed by atoms with Gasteiger partial charge in [-0.25, -0.2) is 0 Å². The molecular weight excluding hydrogens is 144 g/mol. The Kier molecular flexibility index (Phi) is 4.86. The number of hydrogen-bond donors (Lipinski definition) is 2. The van der Waals surface area contributed by atoms with E-state index in [-0.39, 0.29) is 12.0 Å². The van der Waals surface area contributed by atoms with Crippen molar-refractivity contribution < 1.29 is 15.0 Å². The van der Waals surface area contributed by atoms with Crippen LogP contribution in [0.3, 0.4) is 0 Å². The molecule has 3 nitrogen and oxygen atoms in total. The number of aliphatic carboxylic acids is 1. The second kappa shape index (κ2) is 5.13. The Morgan fingerprint density at radius 2 is 2.00 bits per heavy atom. The van der Waals surface area contributed by atoms with Gasteiger partial charge in [-0.3, -0.25) is 4.79 Å². The Morgan fingerprint density at radius 3 is 2.27 bits per heavy atom. The van der Waals surface area contributed by atoms with Crippen LogP contribution in [0.15, 0.2) is 0 Å². The Labute approximate surface area is 67.0 Å². The van der Waals surface area contributed by atoms with Crippen LogP contribution in [0, 0.1) is 5.92 Å². The summed E-state index contributed by atoms with van der Waals surface area (Å²) in [4.78, 5) is 10.5. The predicted octanol–water partition coefficient (Wildman–Crippen LogP) is 1.26. The van der Waals surface area contributed by atoms with E-state index in [1.165, 1.54) is 0 Å². The van der Waals surface area contributed by atoms with Crippen LogP contribution in [0.4, 0.5) is 0 Å². The van der Waals surface area contributed by atoms with Crippen LogP contribution in [0.1, 0.15) is 33.1 Å². The number of hydrogen-bond acceptors (Lipinski definition) is 2. The summed E-state index contributed by atoms with van der Waals surface area (Å²) in [5, 5.41) is 17.5. The molecule has 66 valence electrons. The van der Waals surface area contributed by atoms with Crippen LogP contribution >= 0.6 is 0 Å². The molecule has 0 saturated carbocycles. The van der Waals surface area contributed by atoms with Gasteiger partial charge in [-0.15, -0.1) is 0 Å². The van der Waals surface area contributed by atoms with Crippen LogP contribution in [0.5, 0.6) is 0 Å². The highest BCUT2D eigenvalue weighted by molar-refractivity contribution is 5.69. The lowest BCUT2D eigenvalue weighted by Crippen LogP contribution is -2.14. The number of carboxylic acid groups (broad SMARTS) is 1. The van der Waals surface area contributed by atoms with Gasteiger partial charge in [0.25, 0.3) is 0 Å². The van der Waals surface area contributed by atoms with Crippen molar-refractivity contribution >= 4 is 5.97 Å². The summed E-state index contributed by atoms with van der Waals surface area (Å²) in [7, 11) is 0. The molecule has 2 N–H and O–H groups in total. The molecule has 0 rings (SSSR count). The Morgan fingerprint density at radius 1 is 1.45 bits per heavy atom. The summed E-state index contributed by atoms with van der Waals surface area (Å²) < 4.78 is 0. The zero-order chi connectivity index (χ0) is 8.85. The average molecular weight is 160 g/mol. The first-order valence-corrected chi connectivity index (χ1v) is 3.98. The fourth-order valence-electron chi connectivity index (χ4n) is 0.945. The molecule has 11 heavy (non-hydrogen) atoms. The van der Waals surface area contributed by atoms with Crippen molar-refractivity contribution in [2.24, 2.45) is 5.92 Å².